The fraction of sp³-hybridized carbons (Fsp3) is 0.250. The molecule has 0 bridgehead atoms. The summed E-state index contributed by atoms with van der Waals surface area (Å²) in [6, 6.07) is 3.61. The summed E-state index contributed by atoms with van der Waals surface area (Å²) in [7, 11) is 0. The second-order valence-corrected chi connectivity index (χ2v) is 3.26. The minimum absolute atomic E-state index is 0.472. The van der Waals surface area contributed by atoms with Gasteiger partial charge < -0.3 is 5.32 Å². The van der Waals surface area contributed by atoms with E-state index in [0.717, 1.165) is 12.2 Å². The molecule has 0 unspecified atom stereocenters. The number of aromatic amines is 1. The molecule has 15 heavy (non-hydrogen) atoms. The predicted molar refractivity (Wildman–Crippen MR) is 55.6 cm³/mol. The molecular formula is C8H9ClN6. The van der Waals surface area contributed by atoms with Crippen molar-refractivity contribution in [1.82, 2.24) is 25.6 Å². The van der Waals surface area contributed by atoms with Gasteiger partial charge in [0.2, 0.25) is 0 Å². The fourth-order valence-corrected chi connectivity index (χ4v) is 1.29. The summed E-state index contributed by atoms with van der Waals surface area (Å²) in [6.07, 6.45) is 2.36. The van der Waals surface area contributed by atoms with Gasteiger partial charge in [-0.3, -0.25) is 0 Å². The number of tetrazole rings is 1. The molecule has 0 aromatic carbocycles. The highest BCUT2D eigenvalue weighted by Gasteiger charge is 1.98. The van der Waals surface area contributed by atoms with Gasteiger partial charge in [0, 0.05) is 24.8 Å². The molecule has 6 nitrogen and oxygen atoms in total. The van der Waals surface area contributed by atoms with Gasteiger partial charge >= 0.3 is 0 Å². The minimum Gasteiger partial charge on any atom is -0.384 e. The van der Waals surface area contributed by atoms with E-state index in [9.17, 15) is 0 Å². The first kappa shape index (κ1) is 9.85. The third-order valence-electron chi connectivity index (χ3n) is 1.79. The van der Waals surface area contributed by atoms with Gasteiger partial charge in [0.1, 0.15) is 5.15 Å². The Kier molecular flexibility index (Phi) is 3.08. The van der Waals surface area contributed by atoms with Crippen molar-refractivity contribution >= 4 is 17.3 Å². The average molecular weight is 225 g/mol. The number of hydrogen-bond donors (Lipinski definition) is 2. The normalized spacial score (nSPS) is 10.2. The van der Waals surface area contributed by atoms with Gasteiger partial charge in [-0.05, 0) is 12.1 Å². The van der Waals surface area contributed by atoms with E-state index in [1.54, 1.807) is 12.3 Å². The van der Waals surface area contributed by atoms with Crippen molar-refractivity contribution in [3.05, 3.63) is 29.3 Å². The lowest BCUT2D eigenvalue weighted by Gasteiger charge is -2.03. The SMILES string of the molecule is Clc1cc(NCCc2nn[nH]n2)ccn1. The van der Waals surface area contributed by atoms with Gasteiger partial charge in [-0.15, -0.1) is 10.2 Å². The van der Waals surface area contributed by atoms with E-state index in [-0.39, 0.29) is 0 Å². The Balaban J connectivity index is 1.83. The minimum atomic E-state index is 0.472. The number of hydrogen-bond acceptors (Lipinski definition) is 5. The third-order valence-corrected chi connectivity index (χ3v) is 2.00. The Labute approximate surface area is 91.1 Å². The lowest BCUT2D eigenvalue weighted by atomic mass is 10.3. The summed E-state index contributed by atoms with van der Waals surface area (Å²) in [6.45, 7) is 0.722. The lowest BCUT2D eigenvalue weighted by molar-refractivity contribution is 0.881. The Morgan fingerprint density at radius 3 is 3.13 bits per heavy atom. The van der Waals surface area contributed by atoms with E-state index in [4.69, 9.17) is 11.6 Å². The van der Waals surface area contributed by atoms with Crippen LogP contribution >= 0.6 is 11.6 Å². The summed E-state index contributed by atoms with van der Waals surface area (Å²) >= 11 is 5.73. The van der Waals surface area contributed by atoms with E-state index in [1.807, 2.05) is 6.07 Å². The molecule has 0 saturated heterocycles. The molecule has 78 valence electrons. The lowest BCUT2D eigenvalue weighted by Crippen LogP contribution is -2.06. The maximum atomic E-state index is 5.73. The molecule has 2 N–H and O–H groups in total. The van der Waals surface area contributed by atoms with Gasteiger partial charge in [-0.1, -0.05) is 16.8 Å². The molecule has 0 radical (unpaired) electrons. The van der Waals surface area contributed by atoms with Crippen LogP contribution in [-0.2, 0) is 6.42 Å². The van der Waals surface area contributed by atoms with Crippen LogP contribution in [0, 0.1) is 0 Å². The Bertz CT molecular complexity index is 415. The third kappa shape index (κ3) is 2.88. The molecule has 0 fully saturated rings. The molecule has 0 aliphatic carbocycles. The van der Waals surface area contributed by atoms with Crippen LogP contribution in [0.2, 0.25) is 5.15 Å². The van der Waals surface area contributed by atoms with Gasteiger partial charge in [-0.25, -0.2) is 4.98 Å². The number of nitrogens with one attached hydrogen (secondary N) is 2. The molecule has 2 heterocycles. The number of halogens is 1. The number of anilines is 1. The Morgan fingerprint density at radius 2 is 2.40 bits per heavy atom. The fourth-order valence-electron chi connectivity index (χ4n) is 1.12. The highest BCUT2D eigenvalue weighted by molar-refractivity contribution is 6.29. The van der Waals surface area contributed by atoms with Crippen LogP contribution in [0.4, 0.5) is 5.69 Å². The van der Waals surface area contributed by atoms with Crippen molar-refractivity contribution in [2.75, 3.05) is 11.9 Å². The summed E-state index contributed by atoms with van der Waals surface area (Å²) in [5, 5.41) is 17.2. The van der Waals surface area contributed by atoms with Crippen molar-refractivity contribution < 1.29 is 0 Å². The zero-order valence-electron chi connectivity index (χ0n) is 7.81. The quantitative estimate of drug-likeness (QED) is 0.755. The molecule has 0 amide bonds. The largest absolute Gasteiger partial charge is 0.384 e. The van der Waals surface area contributed by atoms with Crippen LogP contribution in [0.15, 0.2) is 18.3 Å². The smallest absolute Gasteiger partial charge is 0.176 e. The molecule has 0 spiro atoms. The Morgan fingerprint density at radius 1 is 1.47 bits per heavy atom. The number of H-pyrrole nitrogens is 1. The zero-order chi connectivity index (χ0) is 10.5. The average Bonchev–Trinajstić information content (AvgIpc) is 2.71. The van der Waals surface area contributed by atoms with Crippen molar-refractivity contribution in [1.29, 1.82) is 0 Å². The van der Waals surface area contributed by atoms with Crippen LogP contribution in [0.1, 0.15) is 5.82 Å². The van der Waals surface area contributed by atoms with Crippen LogP contribution in [0.25, 0.3) is 0 Å². The molecule has 0 aliphatic heterocycles. The maximum Gasteiger partial charge on any atom is 0.176 e. The molecule has 2 rings (SSSR count). The predicted octanol–water partition coefficient (Wildman–Crippen LogP) is 0.903. The molecule has 0 aliphatic rings. The standard InChI is InChI=1S/C8H9ClN6/c9-7-5-6(1-3-11-7)10-4-2-8-12-14-15-13-8/h1,3,5H,2,4H2,(H,10,11)(H,12,13,14,15). The molecule has 2 aromatic heterocycles. The van der Waals surface area contributed by atoms with E-state index in [1.165, 1.54) is 0 Å². The second-order valence-electron chi connectivity index (χ2n) is 2.87. The van der Waals surface area contributed by atoms with Crippen LogP contribution in [0.3, 0.4) is 0 Å². The second kappa shape index (κ2) is 4.70. The molecule has 2 aromatic rings. The van der Waals surface area contributed by atoms with Crippen molar-refractivity contribution in [2.24, 2.45) is 0 Å². The summed E-state index contributed by atoms with van der Waals surface area (Å²) in [4.78, 5) is 3.88. The molecule has 7 heteroatoms. The van der Waals surface area contributed by atoms with Crippen molar-refractivity contribution in [2.45, 2.75) is 6.42 Å². The summed E-state index contributed by atoms with van der Waals surface area (Å²) in [5.41, 5.74) is 0.929. The summed E-state index contributed by atoms with van der Waals surface area (Å²) < 4.78 is 0. The van der Waals surface area contributed by atoms with Gasteiger partial charge in [0.25, 0.3) is 0 Å². The van der Waals surface area contributed by atoms with E-state index in [2.05, 4.69) is 30.9 Å². The van der Waals surface area contributed by atoms with Gasteiger partial charge in [0.15, 0.2) is 5.82 Å². The first-order valence-corrected chi connectivity index (χ1v) is 4.80. The topological polar surface area (TPSA) is 79.4 Å². The van der Waals surface area contributed by atoms with E-state index < -0.39 is 0 Å². The van der Waals surface area contributed by atoms with Gasteiger partial charge in [0.05, 0.1) is 0 Å². The first-order valence-electron chi connectivity index (χ1n) is 4.42. The number of nitrogens with zero attached hydrogens (tertiary/aromatic N) is 4. The molecule has 0 saturated carbocycles. The maximum absolute atomic E-state index is 5.73. The van der Waals surface area contributed by atoms with E-state index >= 15 is 0 Å². The van der Waals surface area contributed by atoms with Crippen molar-refractivity contribution in [3.63, 3.8) is 0 Å². The zero-order valence-corrected chi connectivity index (χ0v) is 8.57. The first-order chi connectivity index (χ1) is 7.34. The molecule has 0 atom stereocenters. The summed E-state index contributed by atoms with van der Waals surface area (Å²) in [5.74, 6) is 0.683. The number of rotatable bonds is 4. The number of aromatic nitrogens is 5. The number of pyridine rings is 1. The van der Waals surface area contributed by atoms with Crippen LogP contribution in [-0.4, -0.2) is 32.2 Å². The van der Waals surface area contributed by atoms with Gasteiger partial charge in [-0.2, -0.15) is 5.21 Å². The highest BCUT2D eigenvalue weighted by atomic mass is 35.5. The molecular weight excluding hydrogens is 216 g/mol. The van der Waals surface area contributed by atoms with Crippen LogP contribution < -0.4 is 5.32 Å². The Hall–Kier alpha value is -1.69. The monoisotopic (exact) mass is 224 g/mol. The van der Waals surface area contributed by atoms with Crippen LogP contribution in [0.5, 0.6) is 0 Å². The highest BCUT2D eigenvalue weighted by Crippen LogP contribution is 2.11. The van der Waals surface area contributed by atoms with Crippen molar-refractivity contribution in [3.8, 4) is 0 Å². The van der Waals surface area contributed by atoms with E-state index in [0.29, 0.717) is 17.4 Å².